The third kappa shape index (κ3) is 4.38. The van der Waals surface area contributed by atoms with Crippen molar-refractivity contribution in [2.45, 2.75) is 32.6 Å². The van der Waals surface area contributed by atoms with Crippen LogP contribution in [0.25, 0.3) is 0 Å². The van der Waals surface area contributed by atoms with Crippen molar-refractivity contribution in [1.82, 2.24) is 0 Å². The molecule has 1 N–H and O–H groups in total. The van der Waals surface area contributed by atoms with E-state index < -0.39 is 5.97 Å². The molecule has 0 aliphatic carbocycles. The lowest BCUT2D eigenvalue weighted by Crippen LogP contribution is -2.01. The van der Waals surface area contributed by atoms with Gasteiger partial charge in [-0.1, -0.05) is 28.9 Å². The molecule has 0 bridgehead atoms. The van der Waals surface area contributed by atoms with Gasteiger partial charge in [0, 0.05) is 10.9 Å². The number of carboxylic acid groups (broad SMARTS) is 1. The normalized spacial score (nSPS) is 12.2. The molecule has 3 nitrogen and oxygen atoms in total. The zero-order chi connectivity index (χ0) is 12.8. The van der Waals surface area contributed by atoms with Crippen molar-refractivity contribution in [3.05, 3.63) is 28.2 Å². The zero-order valence-corrected chi connectivity index (χ0v) is 11.7. The molecule has 0 heterocycles. The number of carboxylic acids is 1. The molecule has 1 aromatic carbocycles. The number of aliphatic carboxylic acids is 1. The van der Waals surface area contributed by atoms with E-state index in [0.717, 1.165) is 15.8 Å². The van der Waals surface area contributed by atoms with E-state index in [1.54, 1.807) is 0 Å². The van der Waals surface area contributed by atoms with E-state index in [1.807, 2.05) is 32.0 Å². The zero-order valence-electron chi connectivity index (χ0n) is 10.1. The highest BCUT2D eigenvalue weighted by Gasteiger charge is 2.11. The average molecular weight is 301 g/mol. The monoisotopic (exact) mass is 300 g/mol. The fourth-order valence-corrected chi connectivity index (χ4v) is 2.41. The molecule has 1 aromatic rings. The van der Waals surface area contributed by atoms with E-state index in [0.29, 0.717) is 13.0 Å². The van der Waals surface area contributed by atoms with E-state index in [2.05, 4.69) is 15.9 Å². The molecule has 1 rings (SSSR count). The number of halogens is 1. The van der Waals surface area contributed by atoms with Gasteiger partial charge in [0.05, 0.1) is 6.61 Å². The molecule has 1 atom stereocenters. The molecule has 0 amide bonds. The van der Waals surface area contributed by atoms with Gasteiger partial charge in [-0.2, -0.15) is 0 Å². The second-order valence-corrected chi connectivity index (χ2v) is 4.80. The first-order valence-electron chi connectivity index (χ1n) is 5.68. The molecular formula is C13H17BrO3. The molecule has 0 spiro atoms. The molecular weight excluding hydrogens is 284 g/mol. The molecule has 0 aliphatic rings. The number of benzene rings is 1. The van der Waals surface area contributed by atoms with Gasteiger partial charge >= 0.3 is 5.97 Å². The molecule has 0 radical (unpaired) electrons. The lowest BCUT2D eigenvalue weighted by molar-refractivity contribution is -0.137. The van der Waals surface area contributed by atoms with Gasteiger partial charge in [-0.3, -0.25) is 4.79 Å². The molecule has 4 heteroatoms. The van der Waals surface area contributed by atoms with Gasteiger partial charge in [-0.15, -0.1) is 0 Å². The highest BCUT2D eigenvalue weighted by molar-refractivity contribution is 9.10. The lowest BCUT2D eigenvalue weighted by Gasteiger charge is -2.14. The van der Waals surface area contributed by atoms with Gasteiger partial charge in [0.15, 0.2) is 0 Å². The maximum Gasteiger partial charge on any atom is 0.303 e. The summed E-state index contributed by atoms with van der Waals surface area (Å²) in [7, 11) is 0. The molecule has 1 unspecified atom stereocenters. The van der Waals surface area contributed by atoms with Gasteiger partial charge in [0.2, 0.25) is 0 Å². The first kappa shape index (κ1) is 14.0. The highest BCUT2D eigenvalue weighted by Crippen LogP contribution is 2.31. The molecule has 0 aliphatic heterocycles. The Bertz CT molecular complexity index is 390. The Labute approximate surface area is 110 Å². The Morgan fingerprint density at radius 1 is 1.53 bits per heavy atom. The summed E-state index contributed by atoms with van der Waals surface area (Å²) in [6.45, 7) is 4.61. The number of rotatable bonds is 6. The summed E-state index contributed by atoms with van der Waals surface area (Å²) in [6.07, 6.45) is 0.836. The third-order valence-electron chi connectivity index (χ3n) is 2.61. The quantitative estimate of drug-likeness (QED) is 0.869. The number of carbonyl (C=O) groups is 1. The van der Waals surface area contributed by atoms with E-state index >= 15 is 0 Å². The van der Waals surface area contributed by atoms with Gasteiger partial charge in [-0.25, -0.2) is 0 Å². The molecule has 0 aromatic heterocycles. The van der Waals surface area contributed by atoms with Crippen molar-refractivity contribution in [3.63, 3.8) is 0 Å². The largest absolute Gasteiger partial charge is 0.494 e. The Hall–Kier alpha value is -1.03. The highest BCUT2D eigenvalue weighted by atomic mass is 79.9. The average Bonchev–Trinajstić information content (AvgIpc) is 2.26. The van der Waals surface area contributed by atoms with Gasteiger partial charge < -0.3 is 9.84 Å². The van der Waals surface area contributed by atoms with Crippen LogP contribution in [0.1, 0.15) is 38.2 Å². The maximum absolute atomic E-state index is 10.5. The Kier molecular flexibility index (Phi) is 5.48. The van der Waals surface area contributed by atoms with Crippen molar-refractivity contribution >= 4 is 21.9 Å². The summed E-state index contributed by atoms with van der Waals surface area (Å²) in [5, 5.41) is 8.66. The van der Waals surface area contributed by atoms with E-state index in [1.165, 1.54) is 0 Å². The minimum atomic E-state index is -0.751. The van der Waals surface area contributed by atoms with Crippen LogP contribution in [-0.2, 0) is 4.79 Å². The maximum atomic E-state index is 10.5. The minimum absolute atomic E-state index is 0.195. The first-order valence-corrected chi connectivity index (χ1v) is 6.48. The van der Waals surface area contributed by atoms with Crippen LogP contribution in [0.4, 0.5) is 0 Å². The van der Waals surface area contributed by atoms with Crippen molar-refractivity contribution < 1.29 is 14.6 Å². The summed E-state index contributed by atoms with van der Waals surface area (Å²) >= 11 is 3.50. The smallest absolute Gasteiger partial charge is 0.303 e. The van der Waals surface area contributed by atoms with E-state index in [9.17, 15) is 4.79 Å². The minimum Gasteiger partial charge on any atom is -0.494 e. The van der Waals surface area contributed by atoms with Crippen LogP contribution in [0.3, 0.4) is 0 Å². The summed E-state index contributed by atoms with van der Waals surface area (Å²) in [6, 6.07) is 5.83. The van der Waals surface area contributed by atoms with E-state index in [-0.39, 0.29) is 12.3 Å². The summed E-state index contributed by atoms with van der Waals surface area (Å²) in [5.41, 5.74) is 1.12. The topological polar surface area (TPSA) is 46.5 Å². The summed E-state index contributed by atoms with van der Waals surface area (Å²) < 4.78 is 6.37. The van der Waals surface area contributed by atoms with Crippen LogP contribution in [-0.4, -0.2) is 17.7 Å². The van der Waals surface area contributed by atoms with Crippen LogP contribution in [0.2, 0.25) is 0 Å². The predicted molar refractivity (Wildman–Crippen MR) is 70.6 cm³/mol. The molecule has 0 saturated heterocycles. The first-order chi connectivity index (χ1) is 8.04. The SMILES string of the molecule is CCOc1ccc(C(C)CCC(=O)O)c(Br)c1. The lowest BCUT2D eigenvalue weighted by atomic mass is 9.96. The second kappa shape index (κ2) is 6.64. The fourth-order valence-electron chi connectivity index (χ4n) is 1.66. The number of ether oxygens (including phenoxy) is 1. The Morgan fingerprint density at radius 3 is 2.76 bits per heavy atom. The van der Waals surface area contributed by atoms with Crippen LogP contribution in [0, 0.1) is 0 Å². The number of hydrogen-bond acceptors (Lipinski definition) is 2. The second-order valence-electron chi connectivity index (χ2n) is 3.95. The van der Waals surface area contributed by atoms with Crippen molar-refractivity contribution in [3.8, 4) is 5.75 Å². The third-order valence-corrected chi connectivity index (χ3v) is 3.29. The molecule has 94 valence electrons. The van der Waals surface area contributed by atoms with Gasteiger partial charge in [-0.05, 0) is 37.0 Å². The van der Waals surface area contributed by atoms with Crippen LogP contribution in [0.15, 0.2) is 22.7 Å². The van der Waals surface area contributed by atoms with Crippen molar-refractivity contribution in [2.24, 2.45) is 0 Å². The summed E-state index contributed by atoms with van der Waals surface area (Å²) in [4.78, 5) is 10.5. The number of hydrogen-bond donors (Lipinski definition) is 1. The van der Waals surface area contributed by atoms with Crippen molar-refractivity contribution in [1.29, 1.82) is 0 Å². The fraction of sp³-hybridized carbons (Fsp3) is 0.462. The van der Waals surface area contributed by atoms with Crippen LogP contribution < -0.4 is 4.74 Å². The van der Waals surface area contributed by atoms with Crippen LogP contribution >= 0.6 is 15.9 Å². The van der Waals surface area contributed by atoms with E-state index in [4.69, 9.17) is 9.84 Å². The van der Waals surface area contributed by atoms with Crippen molar-refractivity contribution in [2.75, 3.05) is 6.61 Å². The van der Waals surface area contributed by atoms with Gasteiger partial charge in [0.1, 0.15) is 5.75 Å². The predicted octanol–water partition coefficient (Wildman–Crippen LogP) is 3.82. The molecule has 17 heavy (non-hydrogen) atoms. The standard InChI is InChI=1S/C13H17BrO3/c1-3-17-10-5-6-11(12(14)8-10)9(2)4-7-13(15)16/h5-6,8-9H,3-4,7H2,1-2H3,(H,15,16). The Morgan fingerprint density at radius 2 is 2.24 bits per heavy atom. The Balaban J connectivity index is 2.73. The van der Waals surface area contributed by atoms with Crippen LogP contribution in [0.5, 0.6) is 5.75 Å². The summed E-state index contributed by atoms with van der Waals surface area (Å²) in [5.74, 6) is 0.295. The van der Waals surface area contributed by atoms with Gasteiger partial charge in [0.25, 0.3) is 0 Å². The molecule has 0 saturated carbocycles. The molecule has 0 fully saturated rings.